The molecule has 2 aromatic carbocycles. The summed E-state index contributed by atoms with van der Waals surface area (Å²) in [6.07, 6.45) is 1.67. The molecule has 1 heterocycles. The van der Waals surface area contributed by atoms with E-state index in [1.165, 1.54) is 0 Å². The van der Waals surface area contributed by atoms with E-state index in [4.69, 9.17) is 0 Å². The van der Waals surface area contributed by atoms with Gasteiger partial charge in [-0.25, -0.2) is 4.39 Å². The summed E-state index contributed by atoms with van der Waals surface area (Å²) in [6, 6.07) is 13.4. The van der Waals surface area contributed by atoms with Crippen LogP contribution in [0.25, 0.3) is 0 Å². The van der Waals surface area contributed by atoms with Crippen LogP contribution < -0.4 is 10.6 Å². The van der Waals surface area contributed by atoms with Crippen LogP contribution in [-0.2, 0) is 24.2 Å². The van der Waals surface area contributed by atoms with Crippen molar-refractivity contribution in [1.82, 2.24) is 5.32 Å². The lowest BCUT2D eigenvalue weighted by Gasteiger charge is -2.19. The number of aryl methyl sites for hydroxylation is 1. The number of rotatable bonds is 4. The van der Waals surface area contributed by atoms with E-state index in [0.29, 0.717) is 31.5 Å². The molecule has 2 aromatic rings. The van der Waals surface area contributed by atoms with Crippen molar-refractivity contribution in [1.29, 1.82) is 0 Å². The Bertz CT molecular complexity index is 676. The zero-order valence-electron chi connectivity index (χ0n) is 12.8. The van der Waals surface area contributed by atoms with E-state index in [1.54, 1.807) is 6.07 Å². The second kappa shape index (κ2) is 8.09. The first-order valence-corrected chi connectivity index (χ1v) is 7.59. The van der Waals surface area contributed by atoms with Crippen LogP contribution in [0.4, 0.5) is 10.1 Å². The average molecular weight is 335 g/mol. The van der Waals surface area contributed by atoms with Gasteiger partial charge in [-0.3, -0.25) is 4.79 Å². The van der Waals surface area contributed by atoms with Crippen LogP contribution >= 0.6 is 12.4 Å². The van der Waals surface area contributed by atoms with Crippen molar-refractivity contribution >= 4 is 24.0 Å². The van der Waals surface area contributed by atoms with Gasteiger partial charge < -0.3 is 10.6 Å². The van der Waals surface area contributed by atoms with E-state index in [2.05, 4.69) is 10.6 Å². The zero-order valence-corrected chi connectivity index (χ0v) is 13.6. The van der Waals surface area contributed by atoms with Crippen molar-refractivity contribution in [3.05, 3.63) is 65.0 Å². The monoisotopic (exact) mass is 334 g/mol. The van der Waals surface area contributed by atoms with Crippen molar-refractivity contribution in [3.8, 4) is 0 Å². The molecular weight excluding hydrogens is 315 g/mol. The van der Waals surface area contributed by atoms with Crippen LogP contribution in [-0.4, -0.2) is 12.5 Å². The highest BCUT2D eigenvalue weighted by molar-refractivity contribution is 5.91. The highest BCUT2D eigenvalue weighted by Gasteiger charge is 2.17. The number of fused-ring (bicyclic) bond motifs is 1. The number of halogens is 2. The lowest BCUT2D eigenvalue weighted by molar-refractivity contribution is -0.116. The van der Waals surface area contributed by atoms with E-state index in [1.807, 2.05) is 36.4 Å². The molecule has 0 aromatic heterocycles. The lowest BCUT2D eigenvalue weighted by Crippen LogP contribution is -2.25. The third-order valence-electron chi connectivity index (χ3n) is 3.97. The third-order valence-corrected chi connectivity index (χ3v) is 3.97. The van der Waals surface area contributed by atoms with Crippen molar-refractivity contribution in [2.24, 2.45) is 0 Å². The summed E-state index contributed by atoms with van der Waals surface area (Å²) in [6.45, 7) is 1.46. The first-order valence-electron chi connectivity index (χ1n) is 7.59. The number of anilines is 1. The van der Waals surface area contributed by atoms with Gasteiger partial charge in [-0.1, -0.05) is 36.4 Å². The maximum absolute atomic E-state index is 14.4. The summed E-state index contributed by atoms with van der Waals surface area (Å²) in [4.78, 5) is 12.0. The molecule has 1 aliphatic rings. The average Bonchev–Trinajstić information content (AvgIpc) is 2.57. The minimum Gasteiger partial charge on any atom is -0.324 e. The van der Waals surface area contributed by atoms with Gasteiger partial charge in [0.1, 0.15) is 5.82 Å². The minimum absolute atomic E-state index is 0. The molecule has 0 atom stereocenters. The van der Waals surface area contributed by atoms with E-state index < -0.39 is 0 Å². The molecule has 5 heteroatoms. The number of carbonyl (C=O) groups is 1. The predicted molar refractivity (Wildman–Crippen MR) is 92.5 cm³/mol. The largest absolute Gasteiger partial charge is 0.324 e. The normalized spacial score (nSPS) is 12.9. The van der Waals surface area contributed by atoms with E-state index in [0.717, 1.165) is 23.2 Å². The van der Waals surface area contributed by atoms with Crippen molar-refractivity contribution in [2.75, 3.05) is 11.9 Å². The second-order valence-corrected chi connectivity index (χ2v) is 5.53. The predicted octanol–water partition coefficient (Wildman–Crippen LogP) is 3.46. The van der Waals surface area contributed by atoms with Crippen LogP contribution in [0.1, 0.15) is 23.1 Å². The number of hydrogen-bond donors (Lipinski definition) is 2. The van der Waals surface area contributed by atoms with Crippen molar-refractivity contribution in [3.63, 3.8) is 0 Å². The Morgan fingerprint density at radius 3 is 2.74 bits per heavy atom. The van der Waals surface area contributed by atoms with Crippen LogP contribution in [0.15, 0.2) is 42.5 Å². The Labute approximate surface area is 141 Å². The van der Waals surface area contributed by atoms with Gasteiger partial charge in [-0.2, -0.15) is 0 Å². The fraction of sp³-hybridized carbons (Fsp3) is 0.278. The fourth-order valence-electron chi connectivity index (χ4n) is 2.75. The Morgan fingerprint density at radius 1 is 1.17 bits per heavy atom. The molecular formula is C18H20ClFN2O. The fourth-order valence-corrected chi connectivity index (χ4v) is 2.75. The van der Waals surface area contributed by atoms with Gasteiger partial charge in [-0.15, -0.1) is 12.4 Å². The highest BCUT2D eigenvalue weighted by atomic mass is 35.5. The van der Waals surface area contributed by atoms with Crippen molar-refractivity contribution in [2.45, 2.75) is 25.8 Å². The molecule has 0 fully saturated rings. The summed E-state index contributed by atoms with van der Waals surface area (Å²) in [7, 11) is 0. The smallest absolute Gasteiger partial charge is 0.224 e. The molecule has 0 aliphatic carbocycles. The number of benzene rings is 2. The highest BCUT2D eigenvalue weighted by Crippen LogP contribution is 2.24. The zero-order chi connectivity index (χ0) is 15.4. The molecule has 2 N–H and O–H groups in total. The van der Waals surface area contributed by atoms with Crippen LogP contribution in [0.3, 0.4) is 0 Å². The van der Waals surface area contributed by atoms with E-state index in [9.17, 15) is 9.18 Å². The Morgan fingerprint density at radius 2 is 1.96 bits per heavy atom. The lowest BCUT2D eigenvalue weighted by atomic mass is 9.99. The molecule has 23 heavy (non-hydrogen) atoms. The maximum atomic E-state index is 14.4. The van der Waals surface area contributed by atoms with Gasteiger partial charge in [0.2, 0.25) is 5.91 Å². The first kappa shape index (κ1) is 17.4. The summed E-state index contributed by atoms with van der Waals surface area (Å²) in [5.74, 6) is -0.441. The van der Waals surface area contributed by atoms with E-state index in [-0.39, 0.29) is 24.1 Å². The Hall–Kier alpha value is -1.91. The van der Waals surface area contributed by atoms with Gasteiger partial charge in [0.05, 0.1) is 5.69 Å². The second-order valence-electron chi connectivity index (χ2n) is 5.53. The number of hydrogen-bond acceptors (Lipinski definition) is 2. The summed E-state index contributed by atoms with van der Waals surface area (Å²) in [5, 5.41) is 5.91. The standard InChI is InChI=1S/C18H19FN2O.ClH/c19-18-15-10-11-20-12-14(15)7-8-16(18)21-17(22)9-6-13-4-2-1-3-5-13;/h1-5,7-8,20H,6,9-12H2,(H,21,22);1H. The Kier molecular flexibility index (Phi) is 6.13. The molecule has 0 saturated heterocycles. The SMILES string of the molecule is Cl.O=C(CCc1ccccc1)Nc1ccc2c(c1F)CCNC2. The molecule has 0 bridgehead atoms. The topological polar surface area (TPSA) is 41.1 Å². The molecule has 1 amide bonds. The third kappa shape index (κ3) is 4.30. The molecule has 122 valence electrons. The number of amides is 1. The summed E-state index contributed by atoms with van der Waals surface area (Å²) >= 11 is 0. The molecule has 0 spiro atoms. The molecule has 1 aliphatic heterocycles. The molecule has 3 nitrogen and oxygen atoms in total. The minimum atomic E-state index is -0.285. The summed E-state index contributed by atoms with van der Waals surface area (Å²) < 4.78 is 14.4. The quantitative estimate of drug-likeness (QED) is 0.899. The van der Waals surface area contributed by atoms with Gasteiger partial charge in [-0.05, 0) is 42.1 Å². The summed E-state index contributed by atoms with van der Waals surface area (Å²) in [5.41, 5.74) is 3.10. The first-order chi connectivity index (χ1) is 10.7. The molecule has 3 rings (SSSR count). The number of nitrogens with one attached hydrogen (secondary N) is 2. The van der Waals surface area contributed by atoms with E-state index >= 15 is 0 Å². The van der Waals surface area contributed by atoms with Gasteiger partial charge in [0, 0.05) is 13.0 Å². The molecule has 0 unspecified atom stereocenters. The molecule has 0 saturated carbocycles. The van der Waals surface area contributed by atoms with Gasteiger partial charge in [0.15, 0.2) is 0 Å². The van der Waals surface area contributed by atoms with Gasteiger partial charge >= 0.3 is 0 Å². The number of carbonyl (C=O) groups excluding carboxylic acids is 1. The van der Waals surface area contributed by atoms with Crippen LogP contribution in [0.5, 0.6) is 0 Å². The van der Waals surface area contributed by atoms with Crippen LogP contribution in [0.2, 0.25) is 0 Å². The van der Waals surface area contributed by atoms with Gasteiger partial charge in [0.25, 0.3) is 0 Å². The van der Waals surface area contributed by atoms with Crippen LogP contribution in [0, 0.1) is 5.82 Å². The molecule has 0 radical (unpaired) electrons. The maximum Gasteiger partial charge on any atom is 0.224 e. The Balaban J connectivity index is 0.00000192. The van der Waals surface area contributed by atoms with Crippen molar-refractivity contribution < 1.29 is 9.18 Å².